The van der Waals surface area contributed by atoms with Crippen LogP contribution in [0.3, 0.4) is 0 Å². The Kier molecular flexibility index (Phi) is 6.17. The molecule has 0 saturated carbocycles. The summed E-state index contributed by atoms with van der Waals surface area (Å²) in [5, 5.41) is 0. The molecule has 0 fully saturated rings. The fraction of sp³-hybridized carbons (Fsp3) is 0.300. The first kappa shape index (κ1) is 18.5. The quantitative estimate of drug-likeness (QED) is 0.565. The first-order chi connectivity index (χ1) is 12.0. The number of rotatable bonds is 7. The van der Waals surface area contributed by atoms with Crippen molar-refractivity contribution in [1.29, 1.82) is 0 Å². The molecule has 0 aliphatic rings. The maximum atomic E-state index is 12.3. The van der Waals surface area contributed by atoms with Gasteiger partial charge in [-0.05, 0) is 23.6 Å². The van der Waals surface area contributed by atoms with Crippen molar-refractivity contribution in [2.75, 3.05) is 20.8 Å². The zero-order valence-corrected chi connectivity index (χ0v) is 14.9. The Morgan fingerprint density at radius 2 is 1.64 bits per heavy atom. The van der Waals surface area contributed by atoms with E-state index >= 15 is 0 Å². The van der Waals surface area contributed by atoms with Gasteiger partial charge < -0.3 is 14.2 Å². The summed E-state index contributed by atoms with van der Waals surface area (Å²) in [4.78, 5) is 24.5. The molecule has 0 spiro atoms. The van der Waals surface area contributed by atoms with Crippen LogP contribution in [0.15, 0.2) is 42.5 Å². The first-order valence-corrected chi connectivity index (χ1v) is 7.99. The second kappa shape index (κ2) is 8.33. The molecule has 2 aromatic carbocycles. The van der Waals surface area contributed by atoms with Crippen LogP contribution in [0.5, 0.6) is 11.5 Å². The summed E-state index contributed by atoms with van der Waals surface area (Å²) < 4.78 is 15.5. The van der Waals surface area contributed by atoms with Gasteiger partial charge in [0.05, 0.1) is 14.2 Å². The molecular formula is C20H22O5. The number of para-hydroxylation sites is 1. The summed E-state index contributed by atoms with van der Waals surface area (Å²) in [6, 6.07) is 12.2. The topological polar surface area (TPSA) is 61.8 Å². The van der Waals surface area contributed by atoms with Crippen LogP contribution in [-0.4, -0.2) is 32.6 Å². The van der Waals surface area contributed by atoms with Gasteiger partial charge in [-0.3, -0.25) is 4.79 Å². The number of ketones is 1. The van der Waals surface area contributed by atoms with Crippen LogP contribution in [0.1, 0.15) is 46.0 Å². The maximum Gasteiger partial charge on any atom is 0.342 e. The second-order valence-corrected chi connectivity index (χ2v) is 5.82. The summed E-state index contributed by atoms with van der Waals surface area (Å²) in [5.41, 5.74) is 1.87. The van der Waals surface area contributed by atoms with Crippen molar-refractivity contribution in [3.8, 4) is 11.5 Å². The van der Waals surface area contributed by atoms with E-state index in [4.69, 9.17) is 14.2 Å². The van der Waals surface area contributed by atoms with Gasteiger partial charge in [0, 0.05) is 5.56 Å². The zero-order valence-electron chi connectivity index (χ0n) is 14.9. The number of Topliss-reactive ketones (excluding diaryl/α,β-unsaturated/α-hetero) is 1. The fourth-order valence-corrected chi connectivity index (χ4v) is 2.39. The third-order valence-electron chi connectivity index (χ3n) is 3.86. The highest BCUT2D eigenvalue weighted by molar-refractivity contribution is 6.00. The molecule has 0 unspecified atom stereocenters. The highest BCUT2D eigenvalue weighted by Gasteiger charge is 2.19. The molecule has 2 rings (SSSR count). The molecule has 0 heterocycles. The lowest BCUT2D eigenvalue weighted by molar-refractivity contribution is 0.0471. The minimum Gasteiger partial charge on any atom is -0.493 e. The van der Waals surface area contributed by atoms with Gasteiger partial charge in [-0.2, -0.15) is 0 Å². The third kappa shape index (κ3) is 4.38. The van der Waals surface area contributed by atoms with Crippen LogP contribution in [0, 0.1) is 0 Å². The van der Waals surface area contributed by atoms with Gasteiger partial charge in [0.15, 0.2) is 23.9 Å². The lowest BCUT2D eigenvalue weighted by Crippen LogP contribution is -2.15. The highest BCUT2D eigenvalue weighted by atomic mass is 16.5. The van der Waals surface area contributed by atoms with E-state index in [1.54, 1.807) is 30.3 Å². The van der Waals surface area contributed by atoms with Crippen molar-refractivity contribution in [3.63, 3.8) is 0 Å². The molecule has 2 aromatic rings. The van der Waals surface area contributed by atoms with Gasteiger partial charge in [0.25, 0.3) is 0 Å². The monoisotopic (exact) mass is 342 g/mol. The van der Waals surface area contributed by atoms with Crippen LogP contribution >= 0.6 is 0 Å². The van der Waals surface area contributed by atoms with Crippen LogP contribution < -0.4 is 9.47 Å². The van der Waals surface area contributed by atoms with E-state index in [1.165, 1.54) is 14.2 Å². The number of ether oxygens (including phenoxy) is 3. The molecular weight excluding hydrogens is 320 g/mol. The molecule has 0 aromatic heterocycles. The average Bonchev–Trinajstić information content (AvgIpc) is 2.64. The molecule has 0 bridgehead atoms. The molecule has 0 N–H and O–H groups in total. The van der Waals surface area contributed by atoms with E-state index in [0.29, 0.717) is 17.2 Å². The standard InChI is InChI=1S/C20H22O5/c1-13(2)14-8-10-15(11-9-14)17(21)12-25-20(22)16-6-5-7-18(23-3)19(16)24-4/h5-11,13H,12H2,1-4H3. The molecule has 0 aliphatic heterocycles. The Balaban J connectivity index is 2.06. The minimum absolute atomic E-state index is 0.213. The summed E-state index contributed by atoms with van der Waals surface area (Å²) >= 11 is 0. The van der Waals surface area contributed by atoms with E-state index < -0.39 is 5.97 Å². The normalized spacial score (nSPS) is 10.4. The Hall–Kier alpha value is -2.82. The molecule has 0 atom stereocenters. The van der Waals surface area contributed by atoms with Crippen LogP contribution in [0.2, 0.25) is 0 Å². The van der Waals surface area contributed by atoms with Crippen molar-refractivity contribution in [2.24, 2.45) is 0 Å². The van der Waals surface area contributed by atoms with Gasteiger partial charge in [0.2, 0.25) is 0 Å². The average molecular weight is 342 g/mol. The molecule has 0 saturated heterocycles. The van der Waals surface area contributed by atoms with Gasteiger partial charge in [0.1, 0.15) is 5.56 Å². The van der Waals surface area contributed by atoms with Gasteiger partial charge in [-0.15, -0.1) is 0 Å². The fourth-order valence-electron chi connectivity index (χ4n) is 2.39. The minimum atomic E-state index is -0.636. The molecule has 0 aliphatic carbocycles. The van der Waals surface area contributed by atoms with E-state index in [1.807, 2.05) is 12.1 Å². The molecule has 5 nitrogen and oxygen atoms in total. The predicted octanol–water partition coefficient (Wildman–Crippen LogP) is 3.87. The molecule has 132 valence electrons. The number of hydrogen-bond donors (Lipinski definition) is 0. The van der Waals surface area contributed by atoms with Crippen LogP contribution in [-0.2, 0) is 4.74 Å². The van der Waals surface area contributed by atoms with Gasteiger partial charge in [-0.25, -0.2) is 4.79 Å². The number of carbonyl (C=O) groups excluding carboxylic acids is 2. The third-order valence-corrected chi connectivity index (χ3v) is 3.86. The SMILES string of the molecule is COc1cccc(C(=O)OCC(=O)c2ccc(C(C)C)cc2)c1OC. The molecule has 5 heteroatoms. The number of methoxy groups -OCH3 is 2. The number of benzene rings is 2. The molecule has 25 heavy (non-hydrogen) atoms. The second-order valence-electron chi connectivity index (χ2n) is 5.82. The Labute approximate surface area is 147 Å². The smallest absolute Gasteiger partial charge is 0.342 e. The van der Waals surface area contributed by atoms with Crippen molar-refractivity contribution >= 4 is 11.8 Å². The lowest BCUT2D eigenvalue weighted by Gasteiger charge is -2.12. The first-order valence-electron chi connectivity index (χ1n) is 7.99. The van der Waals surface area contributed by atoms with Crippen LogP contribution in [0.25, 0.3) is 0 Å². The Morgan fingerprint density at radius 1 is 0.960 bits per heavy atom. The Morgan fingerprint density at radius 3 is 2.20 bits per heavy atom. The molecule has 0 amide bonds. The predicted molar refractivity (Wildman–Crippen MR) is 94.7 cm³/mol. The van der Waals surface area contributed by atoms with E-state index in [9.17, 15) is 9.59 Å². The summed E-state index contributed by atoms with van der Waals surface area (Å²) in [5.74, 6) is 0.201. The summed E-state index contributed by atoms with van der Waals surface area (Å²) in [6.45, 7) is 3.83. The van der Waals surface area contributed by atoms with Crippen molar-refractivity contribution < 1.29 is 23.8 Å². The van der Waals surface area contributed by atoms with Crippen molar-refractivity contribution in [1.82, 2.24) is 0 Å². The molecule has 0 radical (unpaired) electrons. The lowest BCUT2D eigenvalue weighted by atomic mass is 10.0. The number of esters is 1. The largest absolute Gasteiger partial charge is 0.493 e. The zero-order chi connectivity index (χ0) is 18.4. The van der Waals surface area contributed by atoms with Crippen molar-refractivity contribution in [2.45, 2.75) is 19.8 Å². The summed E-state index contributed by atoms with van der Waals surface area (Å²) in [6.07, 6.45) is 0. The maximum absolute atomic E-state index is 12.3. The van der Waals surface area contributed by atoms with Crippen LogP contribution in [0.4, 0.5) is 0 Å². The summed E-state index contributed by atoms with van der Waals surface area (Å²) in [7, 11) is 2.92. The number of carbonyl (C=O) groups is 2. The van der Waals surface area contributed by atoms with E-state index in [-0.39, 0.29) is 23.7 Å². The highest BCUT2D eigenvalue weighted by Crippen LogP contribution is 2.31. The van der Waals surface area contributed by atoms with Gasteiger partial charge in [-0.1, -0.05) is 44.2 Å². The van der Waals surface area contributed by atoms with E-state index in [0.717, 1.165) is 5.56 Å². The van der Waals surface area contributed by atoms with Gasteiger partial charge >= 0.3 is 5.97 Å². The van der Waals surface area contributed by atoms with Crippen molar-refractivity contribution in [3.05, 3.63) is 59.2 Å². The van der Waals surface area contributed by atoms with E-state index in [2.05, 4.69) is 13.8 Å². The Bertz CT molecular complexity index is 747. The number of hydrogen-bond acceptors (Lipinski definition) is 5.